The fourth-order valence-electron chi connectivity index (χ4n) is 4.12. The van der Waals surface area contributed by atoms with Crippen molar-refractivity contribution in [3.63, 3.8) is 0 Å². The monoisotopic (exact) mass is 659 g/mol. The molecule has 0 fully saturated rings. The van der Waals surface area contributed by atoms with Gasteiger partial charge in [-0.05, 0) is 62.2 Å². The molecule has 0 atom stereocenters. The van der Waals surface area contributed by atoms with Gasteiger partial charge in [-0.3, -0.25) is 14.9 Å². The normalized spacial score (nSPS) is 12.0. The number of carbonyl (C=O) groups is 3. The van der Waals surface area contributed by atoms with Crippen LogP contribution in [0, 0.1) is 0 Å². The molecule has 1 heterocycles. The molecule has 0 spiro atoms. The first kappa shape index (κ1) is 35.2. The second kappa shape index (κ2) is 13.8. The van der Waals surface area contributed by atoms with E-state index in [0.29, 0.717) is 23.3 Å². The van der Waals surface area contributed by atoms with Crippen LogP contribution in [0.1, 0.15) is 49.9 Å². The molecular formula is C30H28ClF6N3O5. The predicted molar refractivity (Wildman–Crippen MR) is 152 cm³/mol. The minimum absolute atomic E-state index is 0.0286. The minimum Gasteiger partial charge on any atom is -0.456 e. The molecule has 0 saturated carbocycles. The van der Waals surface area contributed by atoms with Crippen LogP contribution in [0.5, 0.6) is 0 Å². The number of hydrogen-bond donors (Lipinski definition) is 1. The van der Waals surface area contributed by atoms with Crippen LogP contribution in [-0.4, -0.2) is 40.1 Å². The first-order valence-corrected chi connectivity index (χ1v) is 13.5. The van der Waals surface area contributed by atoms with Crippen molar-refractivity contribution in [2.75, 3.05) is 11.9 Å². The molecule has 45 heavy (non-hydrogen) atoms. The molecule has 0 bridgehead atoms. The molecule has 0 aliphatic carbocycles. The van der Waals surface area contributed by atoms with E-state index in [1.165, 1.54) is 12.3 Å². The van der Waals surface area contributed by atoms with Gasteiger partial charge in [0.2, 0.25) is 0 Å². The number of pyridine rings is 1. The Labute approximate surface area is 259 Å². The Morgan fingerprint density at radius 1 is 0.889 bits per heavy atom. The average Bonchev–Trinajstić information content (AvgIpc) is 2.90. The number of halogens is 7. The van der Waals surface area contributed by atoms with Crippen LogP contribution < -0.4 is 5.32 Å². The Balaban J connectivity index is 2.10. The third-order valence-corrected chi connectivity index (χ3v) is 6.30. The van der Waals surface area contributed by atoms with Gasteiger partial charge in [0.25, 0.3) is 5.91 Å². The van der Waals surface area contributed by atoms with E-state index >= 15 is 0 Å². The Kier molecular flexibility index (Phi) is 10.7. The van der Waals surface area contributed by atoms with Gasteiger partial charge in [-0.1, -0.05) is 29.8 Å². The van der Waals surface area contributed by atoms with Crippen LogP contribution in [0.15, 0.2) is 54.7 Å². The van der Waals surface area contributed by atoms with Crippen molar-refractivity contribution in [3.05, 3.63) is 82.1 Å². The van der Waals surface area contributed by atoms with Crippen molar-refractivity contribution < 1.29 is 50.2 Å². The number of para-hydroxylation sites is 1. The van der Waals surface area contributed by atoms with Gasteiger partial charge in [-0.15, -0.1) is 0 Å². The zero-order valence-electron chi connectivity index (χ0n) is 24.4. The lowest BCUT2D eigenvalue weighted by molar-refractivity contribution is -0.150. The first-order chi connectivity index (χ1) is 20.7. The van der Waals surface area contributed by atoms with Crippen LogP contribution in [0.25, 0.3) is 11.1 Å². The zero-order valence-corrected chi connectivity index (χ0v) is 25.2. The summed E-state index contributed by atoms with van der Waals surface area (Å²) in [6, 6.07) is 8.88. The predicted octanol–water partition coefficient (Wildman–Crippen LogP) is 7.88. The highest BCUT2D eigenvalue weighted by Gasteiger charge is 2.37. The lowest BCUT2D eigenvalue weighted by atomic mass is 9.99. The van der Waals surface area contributed by atoms with Gasteiger partial charge in [-0.2, -0.15) is 26.3 Å². The van der Waals surface area contributed by atoms with Crippen molar-refractivity contribution in [2.24, 2.45) is 0 Å². The Bertz CT molecular complexity index is 1540. The smallest absolute Gasteiger partial charge is 0.416 e. The van der Waals surface area contributed by atoms with Gasteiger partial charge >= 0.3 is 24.4 Å². The van der Waals surface area contributed by atoms with Crippen LogP contribution in [-0.2, 0) is 44.5 Å². The Hall–Kier alpha value is -4.33. The molecule has 1 aromatic heterocycles. The van der Waals surface area contributed by atoms with E-state index in [2.05, 4.69) is 10.3 Å². The number of esters is 1. The van der Waals surface area contributed by atoms with Gasteiger partial charge in [0.1, 0.15) is 10.8 Å². The minimum atomic E-state index is -5.12. The number of rotatable bonds is 8. The van der Waals surface area contributed by atoms with Crippen molar-refractivity contribution >= 4 is 35.3 Å². The molecule has 2 amide bonds. The highest BCUT2D eigenvalue weighted by molar-refractivity contribution is 6.30. The molecule has 2 aromatic carbocycles. The number of alkyl halides is 6. The van der Waals surface area contributed by atoms with E-state index in [1.807, 2.05) is 0 Å². The van der Waals surface area contributed by atoms with Crippen LogP contribution in [0.4, 0.5) is 36.8 Å². The van der Waals surface area contributed by atoms with Gasteiger partial charge in [0.05, 0.1) is 16.8 Å². The van der Waals surface area contributed by atoms with E-state index < -0.39 is 72.3 Å². The number of aromatic nitrogens is 1. The van der Waals surface area contributed by atoms with Gasteiger partial charge in [0.15, 0.2) is 6.61 Å². The maximum absolute atomic E-state index is 13.5. The second-order valence-corrected chi connectivity index (χ2v) is 11.1. The molecule has 15 heteroatoms. The lowest BCUT2D eigenvalue weighted by Gasteiger charge is -2.26. The summed E-state index contributed by atoms with van der Waals surface area (Å²) >= 11 is 6.43. The van der Waals surface area contributed by atoms with Crippen molar-refractivity contribution in [1.29, 1.82) is 0 Å². The number of nitrogens with zero attached hydrogens (tertiary/aromatic N) is 2. The van der Waals surface area contributed by atoms with E-state index in [0.717, 1.165) is 11.8 Å². The summed E-state index contributed by atoms with van der Waals surface area (Å²) in [5.74, 6) is -1.79. The fourth-order valence-corrected chi connectivity index (χ4v) is 4.34. The van der Waals surface area contributed by atoms with Crippen LogP contribution in [0.2, 0.25) is 5.15 Å². The maximum Gasteiger partial charge on any atom is 0.416 e. The highest BCUT2D eigenvalue weighted by atomic mass is 35.5. The number of benzene rings is 2. The van der Waals surface area contributed by atoms with Crippen LogP contribution >= 0.6 is 11.6 Å². The van der Waals surface area contributed by atoms with Crippen molar-refractivity contribution in [2.45, 2.75) is 58.7 Å². The van der Waals surface area contributed by atoms with Crippen molar-refractivity contribution in [1.82, 2.24) is 9.88 Å². The SMILES string of the molecule is CC(=O)OCC(=O)N(Cc1cc(C(F)(F)F)cc(C(F)(F)F)c1)Cc1c(-c2ccccc2NC(=O)OC(C)(C)C)ccnc1Cl. The Morgan fingerprint density at radius 3 is 2.04 bits per heavy atom. The lowest BCUT2D eigenvalue weighted by Crippen LogP contribution is -2.34. The second-order valence-electron chi connectivity index (χ2n) is 10.7. The average molecular weight is 660 g/mol. The summed E-state index contributed by atoms with van der Waals surface area (Å²) in [5, 5.41) is 2.48. The topological polar surface area (TPSA) is 97.8 Å². The molecule has 1 N–H and O–H groups in total. The summed E-state index contributed by atoms with van der Waals surface area (Å²) < 4.78 is 91.3. The quantitative estimate of drug-likeness (QED) is 0.150. The first-order valence-electron chi connectivity index (χ1n) is 13.2. The van der Waals surface area contributed by atoms with E-state index in [1.54, 1.807) is 45.0 Å². The number of ether oxygens (including phenoxy) is 2. The standard InChI is InChI=1S/C30H28ClF6N3O5/c1-17(41)44-16-25(42)40(14-18-11-19(29(32,33)34)13-20(12-18)30(35,36)37)15-23-21(9-10-38-26(23)31)22-7-5-6-8-24(22)39-27(43)45-28(2,3)4/h5-13H,14-16H2,1-4H3,(H,39,43). The van der Waals surface area contributed by atoms with E-state index in [9.17, 15) is 40.7 Å². The number of hydrogen-bond acceptors (Lipinski definition) is 6. The van der Waals surface area contributed by atoms with Crippen LogP contribution in [0.3, 0.4) is 0 Å². The fraction of sp³-hybridized carbons (Fsp3) is 0.333. The summed E-state index contributed by atoms with van der Waals surface area (Å²) in [7, 11) is 0. The van der Waals surface area contributed by atoms with E-state index in [-0.39, 0.29) is 22.5 Å². The summed E-state index contributed by atoms with van der Waals surface area (Å²) in [5.41, 5.74) is -3.34. The molecule has 3 aromatic rings. The van der Waals surface area contributed by atoms with Crippen molar-refractivity contribution in [3.8, 4) is 11.1 Å². The molecule has 0 unspecified atom stereocenters. The van der Waals surface area contributed by atoms with Gasteiger partial charge in [0, 0.05) is 37.3 Å². The molecule has 0 saturated heterocycles. The number of carbonyl (C=O) groups excluding carboxylic acids is 3. The third kappa shape index (κ3) is 10.1. The maximum atomic E-state index is 13.5. The molecule has 242 valence electrons. The number of anilines is 1. The number of nitrogens with one attached hydrogen (secondary N) is 1. The largest absolute Gasteiger partial charge is 0.456 e. The molecule has 0 aliphatic heterocycles. The van der Waals surface area contributed by atoms with Gasteiger partial charge in [-0.25, -0.2) is 9.78 Å². The third-order valence-electron chi connectivity index (χ3n) is 5.98. The molecule has 3 rings (SSSR count). The highest BCUT2D eigenvalue weighted by Crippen LogP contribution is 2.38. The molecule has 8 nitrogen and oxygen atoms in total. The summed E-state index contributed by atoms with van der Waals surface area (Å²) in [6.07, 6.45) is -9.68. The zero-order chi connectivity index (χ0) is 33.7. The van der Waals surface area contributed by atoms with Gasteiger partial charge < -0.3 is 14.4 Å². The van der Waals surface area contributed by atoms with E-state index in [4.69, 9.17) is 21.1 Å². The molecule has 0 radical (unpaired) electrons. The summed E-state index contributed by atoms with van der Waals surface area (Å²) in [4.78, 5) is 42.0. The Morgan fingerprint density at radius 2 is 1.49 bits per heavy atom. The molecule has 0 aliphatic rings. The molecular weight excluding hydrogens is 632 g/mol. The number of amides is 2. The summed E-state index contributed by atoms with van der Waals surface area (Å²) in [6.45, 7) is 3.93.